The zero-order valence-electron chi connectivity index (χ0n) is 16.2. The van der Waals surface area contributed by atoms with E-state index in [-0.39, 0.29) is 12.0 Å². The van der Waals surface area contributed by atoms with Crippen LogP contribution < -0.4 is 14.8 Å². The van der Waals surface area contributed by atoms with Crippen LogP contribution in [0.15, 0.2) is 78.9 Å². The molecule has 0 aromatic heterocycles. The van der Waals surface area contributed by atoms with E-state index in [1.165, 1.54) is 0 Å². The standard InChI is InChI=1S/C24H25NO3/c1-3-18(2)28-23-11-7-10-21(16-23)25-24(26)20-12-14-22(15-13-20)27-17-19-8-5-4-6-9-19/h4-16,18H,3,17H2,1-2H3,(H,25,26). The minimum absolute atomic E-state index is 0.134. The highest BCUT2D eigenvalue weighted by Crippen LogP contribution is 2.20. The van der Waals surface area contributed by atoms with Crippen LogP contribution in [0.5, 0.6) is 11.5 Å². The summed E-state index contributed by atoms with van der Waals surface area (Å²) in [6.07, 6.45) is 1.06. The number of amides is 1. The van der Waals surface area contributed by atoms with E-state index in [1.807, 2.05) is 61.5 Å². The monoisotopic (exact) mass is 375 g/mol. The smallest absolute Gasteiger partial charge is 0.255 e. The Bertz CT molecular complexity index is 891. The molecule has 0 saturated carbocycles. The van der Waals surface area contributed by atoms with Crippen LogP contribution in [0.25, 0.3) is 0 Å². The molecule has 0 bridgehead atoms. The molecule has 1 N–H and O–H groups in total. The lowest BCUT2D eigenvalue weighted by atomic mass is 10.2. The minimum atomic E-state index is -0.171. The van der Waals surface area contributed by atoms with Gasteiger partial charge in [0.15, 0.2) is 0 Å². The Morgan fingerprint density at radius 3 is 2.39 bits per heavy atom. The molecule has 144 valence electrons. The maximum atomic E-state index is 12.5. The lowest BCUT2D eigenvalue weighted by Crippen LogP contribution is -2.13. The molecule has 0 fully saturated rings. The fraction of sp³-hybridized carbons (Fsp3) is 0.208. The molecule has 0 aliphatic heterocycles. The van der Waals surface area contributed by atoms with Crippen LogP contribution >= 0.6 is 0 Å². The van der Waals surface area contributed by atoms with Gasteiger partial charge in [-0.05, 0) is 55.3 Å². The van der Waals surface area contributed by atoms with Gasteiger partial charge in [0.1, 0.15) is 18.1 Å². The third kappa shape index (κ3) is 5.61. The number of rotatable bonds is 8. The fourth-order valence-electron chi connectivity index (χ4n) is 2.61. The average molecular weight is 375 g/mol. The van der Waals surface area contributed by atoms with E-state index < -0.39 is 0 Å². The fourth-order valence-corrected chi connectivity index (χ4v) is 2.61. The first-order valence-corrected chi connectivity index (χ1v) is 9.49. The van der Waals surface area contributed by atoms with Crippen molar-refractivity contribution in [2.45, 2.75) is 33.0 Å². The van der Waals surface area contributed by atoms with Gasteiger partial charge in [-0.25, -0.2) is 0 Å². The van der Waals surface area contributed by atoms with Crippen molar-refractivity contribution in [2.75, 3.05) is 5.32 Å². The van der Waals surface area contributed by atoms with Gasteiger partial charge in [0.2, 0.25) is 0 Å². The van der Waals surface area contributed by atoms with Crippen molar-refractivity contribution in [2.24, 2.45) is 0 Å². The van der Waals surface area contributed by atoms with E-state index >= 15 is 0 Å². The van der Waals surface area contributed by atoms with Gasteiger partial charge in [-0.15, -0.1) is 0 Å². The SMILES string of the molecule is CCC(C)Oc1cccc(NC(=O)c2ccc(OCc3ccccc3)cc2)c1. The Morgan fingerprint density at radius 1 is 0.929 bits per heavy atom. The molecular weight excluding hydrogens is 350 g/mol. The largest absolute Gasteiger partial charge is 0.491 e. The summed E-state index contributed by atoms with van der Waals surface area (Å²) in [5.74, 6) is 1.30. The summed E-state index contributed by atoms with van der Waals surface area (Å²) in [6, 6.07) is 24.5. The molecular formula is C24H25NO3. The van der Waals surface area contributed by atoms with Gasteiger partial charge in [0, 0.05) is 17.3 Å². The summed E-state index contributed by atoms with van der Waals surface area (Å²) in [4.78, 5) is 12.5. The van der Waals surface area contributed by atoms with Crippen LogP contribution in [0.1, 0.15) is 36.2 Å². The van der Waals surface area contributed by atoms with Gasteiger partial charge in [-0.1, -0.05) is 43.3 Å². The second-order valence-corrected chi connectivity index (χ2v) is 6.62. The first-order valence-electron chi connectivity index (χ1n) is 9.49. The summed E-state index contributed by atoms with van der Waals surface area (Å²) in [6.45, 7) is 4.59. The lowest BCUT2D eigenvalue weighted by Gasteiger charge is -2.13. The summed E-state index contributed by atoms with van der Waals surface area (Å²) in [7, 11) is 0. The Kier molecular flexibility index (Phi) is 6.68. The molecule has 0 spiro atoms. The molecule has 0 saturated heterocycles. The minimum Gasteiger partial charge on any atom is -0.491 e. The predicted molar refractivity (Wildman–Crippen MR) is 112 cm³/mol. The highest BCUT2D eigenvalue weighted by molar-refractivity contribution is 6.04. The molecule has 4 nitrogen and oxygen atoms in total. The number of benzene rings is 3. The topological polar surface area (TPSA) is 47.6 Å². The molecule has 3 aromatic rings. The van der Waals surface area contributed by atoms with Crippen molar-refractivity contribution in [3.8, 4) is 11.5 Å². The Balaban J connectivity index is 1.58. The van der Waals surface area contributed by atoms with E-state index in [1.54, 1.807) is 24.3 Å². The third-order valence-corrected chi connectivity index (χ3v) is 4.37. The van der Waals surface area contributed by atoms with Crippen LogP contribution in [0.4, 0.5) is 5.69 Å². The summed E-state index contributed by atoms with van der Waals surface area (Å²) >= 11 is 0. The van der Waals surface area contributed by atoms with Gasteiger partial charge < -0.3 is 14.8 Å². The number of anilines is 1. The second kappa shape index (κ2) is 9.60. The number of ether oxygens (including phenoxy) is 2. The van der Waals surface area contributed by atoms with Crippen LogP contribution in [0, 0.1) is 0 Å². The van der Waals surface area contributed by atoms with Crippen LogP contribution in [0.2, 0.25) is 0 Å². The first kappa shape index (κ1) is 19.5. The molecule has 3 rings (SSSR count). The molecule has 4 heteroatoms. The van der Waals surface area contributed by atoms with Crippen LogP contribution in [-0.2, 0) is 6.61 Å². The number of hydrogen-bond donors (Lipinski definition) is 1. The summed E-state index contributed by atoms with van der Waals surface area (Å²) in [5, 5.41) is 2.91. The van der Waals surface area contributed by atoms with Gasteiger partial charge in [0.25, 0.3) is 5.91 Å². The van der Waals surface area contributed by atoms with E-state index in [0.29, 0.717) is 17.9 Å². The molecule has 28 heavy (non-hydrogen) atoms. The van der Waals surface area contributed by atoms with Gasteiger partial charge in [-0.3, -0.25) is 4.79 Å². The molecule has 0 aliphatic rings. The normalized spacial score (nSPS) is 11.5. The van der Waals surface area contributed by atoms with Crippen molar-refractivity contribution in [1.29, 1.82) is 0 Å². The number of nitrogens with one attached hydrogen (secondary N) is 1. The average Bonchev–Trinajstić information content (AvgIpc) is 2.73. The zero-order valence-corrected chi connectivity index (χ0v) is 16.2. The van der Waals surface area contributed by atoms with Gasteiger partial charge in [0.05, 0.1) is 6.10 Å². The van der Waals surface area contributed by atoms with Crippen molar-refractivity contribution >= 4 is 11.6 Å². The molecule has 1 atom stereocenters. The molecule has 0 radical (unpaired) electrons. The van der Waals surface area contributed by atoms with E-state index in [4.69, 9.17) is 9.47 Å². The summed E-state index contributed by atoms with van der Waals surface area (Å²) < 4.78 is 11.6. The Morgan fingerprint density at radius 2 is 1.68 bits per heavy atom. The van der Waals surface area contributed by atoms with Crippen LogP contribution in [0.3, 0.4) is 0 Å². The second-order valence-electron chi connectivity index (χ2n) is 6.62. The molecule has 3 aromatic carbocycles. The maximum absolute atomic E-state index is 12.5. The number of hydrogen-bond acceptors (Lipinski definition) is 3. The predicted octanol–water partition coefficient (Wildman–Crippen LogP) is 5.70. The maximum Gasteiger partial charge on any atom is 0.255 e. The van der Waals surface area contributed by atoms with Crippen molar-refractivity contribution in [1.82, 2.24) is 0 Å². The third-order valence-electron chi connectivity index (χ3n) is 4.37. The molecule has 1 unspecified atom stereocenters. The quantitative estimate of drug-likeness (QED) is 0.550. The van der Waals surface area contributed by atoms with Gasteiger partial charge in [-0.2, -0.15) is 0 Å². The first-order chi connectivity index (χ1) is 13.6. The number of carbonyl (C=O) groups is 1. The van der Waals surface area contributed by atoms with Crippen molar-refractivity contribution in [3.05, 3.63) is 90.0 Å². The van der Waals surface area contributed by atoms with Crippen LogP contribution in [-0.4, -0.2) is 12.0 Å². The highest BCUT2D eigenvalue weighted by Gasteiger charge is 2.08. The highest BCUT2D eigenvalue weighted by atomic mass is 16.5. The van der Waals surface area contributed by atoms with Gasteiger partial charge >= 0.3 is 0 Å². The van der Waals surface area contributed by atoms with Crippen molar-refractivity contribution in [3.63, 3.8) is 0 Å². The zero-order chi connectivity index (χ0) is 19.8. The molecule has 1 amide bonds. The van der Waals surface area contributed by atoms with E-state index in [0.717, 1.165) is 23.5 Å². The Hall–Kier alpha value is -3.27. The molecule has 0 heterocycles. The lowest BCUT2D eigenvalue weighted by molar-refractivity contribution is 0.102. The number of carbonyl (C=O) groups excluding carboxylic acids is 1. The molecule has 0 aliphatic carbocycles. The van der Waals surface area contributed by atoms with Crippen molar-refractivity contribution < 1.29 is 14.3 Å². The van der Waals surface area contributed by atoms with E-state index in [9.17, 15) is 4.79 Å². The Labute approximate surface area is 166 Å². The summed E-state index contributed by atoms with van der Waals surface area (Å²) in [5.41, 5.74) is 2.37. The van der Waals surface area contributed by atoms with E-state index in [2.05, 4.69) is 12.2 Å².